The predicted molar refractivity (Wildman–Crippen MR) is 84.9 cm³/mol. The molecule has 21 heavy (non-hydrogen) atoms. The van der Waals surface area contributed by atoms with Crippen LogP contribution in [-0.4, -0.2) is 23.5 Å². The van der Waals surface area contributed by atoms with Crippen LogP contribution in [0.3, 0.4) is 0 Å². The molecule has 1 aliphatic heterocycles. The maximum absolute atomic E-state index is 12.6. The number of hydrogen-bond acceptors (Lipinski definition) is 3. The van der Waals surface area contributed by atoms with Gasteiger partial charge in [-0.25, -0.2) is 0 Å². The summed E-state index contributed by atoms with van der Waals surface area (Å²) >= 11 is 0. The highest BCUT2D eigenvalue weighted by atomic mass is 16.2. The minimum absolute atomic E-state index is 0.0103. The Morgan fingerprint density at radius 1 is 1.48 bits per heavy atom. The van der Waals surface area contributed by atoms with Crippen molar-refractivity contribution in [2.24, 2.45) is 11.8 Å². The van der Waals surface area contributed by atoms with Crippen molar-refractivity contribution in [2.75, 3.05) is 6.54 Å². The average molecular weight is 289 g/mol. The molecule has 2 N–H and O–H groups in total. The van der Waals surface area contributed by atoms with E-state index in [2.05, 4.69) is 49.4 Å². The number of pyridine rings is 1. The zero-order valence-corrected chi connectivity index (χ0v) is 13.5. The van der Waals surface area contributed by atoms with Crippen LogP contribution in [0.1, 0.15) is 50.9 Å². The molecule has 1 fully saturated rings. The van der Waals surface area contributed by atoms with E-state index in [0.29, 0.717) is 12.0 Å². The Labute approximate surface area is 127 Å². The number of aryl methyl sites for hydroxylation is 1. The van der Waals surface area contributed by atoms with Crippen LogP contribution >= 0.6 is 0 Å². The van der Waals surface area contributed by atoms with Crippen molar-refractivity contribution in [2.45, 2.75) is 52.6 Å². The molecule has 1 aromatic heterocycles. The predicted octanol–water partition coefficient (Wildman–Crippen LogP) is 2.59. The third-order valence-corrected chi connectivity index (χ3v) is 4.30. The molecule has 2 heterocycles. The SMILES string of the molecule is Cc1cccnc1C(NC(=O)[C@H]1CCN[C@@H](C)C1)C(C)C. The maximum Gasteiger partial charge on any atom is 0.223 e. The highest BCUT2D eigenvalue weighted by molar-refractivity contribution is 5.79. The third-order valence-electron chi connectivity index (χ3n) is 4.30. The monoisotopic (exact) mass is 289 g/mol. The zero-order chi connectivity index (χ0) is 15.4. The molecule has 1 unspecified atom stereocenters. The Hall–Kier alpha value is -1.42. The van der Waals surface area contributed by atoms with Crippen LogP contribution in [0.2, 0.25) is 0 Å². The van der Waals surface area contributed by atoms with Gasteiger partial charge < -0.3 is 10.6 Å². The number of piperidine rings is 1. The maximum atomic E-state index is 12.6. The molecule has 0 saturated carbocycles. The largest absolute Gasteiger partial charge is 0.347 e. The Bertz CT molecular complexity index is 487. The van der Waals surface area contributed by atoms with E-state index in [1.54, 1.807) is 6.20 Å². The fraction of sp³-hybridized carbons (Fsp3) is 0.647. The van der Waals surface area contributed by atoms with Gasteiger partial charge in [-0.15, -0.1) is 0 Å². The number of hydrogen-bond donors (Lipinski definition) is 2. The van der Waals surface area contributed by atoms with E-state index in [1.807, 2.05) is 6.07 Å². The van der Waals surface area contributed by atoms with Gasteiger partial charge in [0, 0.05) is 18.2 Å². The summed E-state index contributed by atoms with van der Waals surface area (Å²) in [5.74, 6) is 0.611. The summed E-state index contributed by atoms with van der Waals surface area (Å²) in [5, 5.41) is 6.63. The number of amides is 1. The van der Waals surface area contributed by atoms with Crippen LogP contribution in [-0.2, 0) is 4.79 Å². The third kappa shape index (κ3) is 4.03. The molecule has 0 spiro atoms. The molecule has 0 radical (unpaired) electrons. The van der Waals surface area contributed by atoms with E-state index in [0.717, 1.165) is 30.6 Å². The van der Waals surface area contributed by atoms with Crippen molar-refractivity contribution in [1.82, 2.24) is 15.6 Å². The first kappa shape index (κ1) is 16.0. The van der Waals surface area contributed by atoms with Gasteiger partial charge >= 0.3 is 0 Å². The standard InChI is InChI=1S/C17H27N3O/c1-11(2)15(16-12(3)6-5-8-19-16)20-17(21)14-7-9-18-13(4)10-14/h5-6,8,11,13-15,18H,7,9-10H2,1-4H3,(H,20,21)/t13-,14-,15?/m0/s1. The first-order valence-corrected chi connectivity index (χ1v) is 7.94. The van der Waals surface area contributed by atoms with Crippen molar-refractivity contribution < 1.29 is 4.79 Å². The summed E-state index contributed by atoms with van der Waals surface area (Å²) in [6.07, 6.45) is 3.64. The molecule has 1 amide bonds. The van der Waals surface area contributed by atoms with E-state index >= 15 is 0 Å². The topological polar surface area (TPSA) is 54.0 Å². The number of nitrogens with zero attached hydrogens (tertiary/aromatic N) is 1. The van der Waals surface area contributed by atoms with Gasteiger partial charge in [-0.3, -0.25) is 9.78 Å². The smallest absolute Gasteiger partial charge is 0.223 e. The van der Waals surface area contributed by atoms with E-state index in [-0.39, 0.29) is 17.9 Å². The van der Waals surface area contributed by atoms with Crippen LogP contribution in [0, 0.1) is 18.8 Å². The molecule has 3 atom stereocenters. The van der Waals surface area contributed by atoms with E-state index in [4.69, 9.17) is 0 Å². The molecule has 0 aliphatic carbocycles. The number of aromatic nitrogens is 1. The van der Waals surface area contributed by atoms with E-state index < -0.39 is 0 Å². The lowest BCUT2D eigenvalue weighted by Gasteiger charge is -2.30. The highest BCUT2D eigenvalue weighted by Gasteiger charge is 2.28. The van der Waals surface area contributed by atoms with Gasteiger partial charge in [-0.1, -0.05) is 19.9 Å². The Morgan fingerprint density at radius 3 is 2.86 bits per heavy atom. The number of nitrogens with one attached hydrogen (secondary N) is 2. The normalized spacial score (nSPS) is 23.9. The summed E-state index contributed by atoms with van der Waals surface area (Å²) in [4.78, 5) is 17.1. The Morgan fingerprint density at radius 2 is 2.24 bits per heavy atom. The molecule has 116 valence electrons. The van der Waals surface area contributed by atoms with Gasteiger partial charge in [-0.05, 0) is 50.8 Å². The van der Waals surface area contributed by atoms with Crippen LogP contribution < -0.4 is 10.6 Å². The molecule has 1 saturated heterocycles. The van der Waals surface area contributed by atoms with Gasteiger partial charge in [0.2, 0.25) is 5.91 Å². The summed E-state index contributed by atoms with van der Waals surface area (Å²) < 4.78 is 0. The van der Waals surface area contributed by atoms with Crippen molar-refractivity contribution in [1.29, 1.82) is 0 Å². The van der Waals surface area contributed by atoms with Crippen molar-refractivity contribution >= 4 is 5.91 Å². The minimum Gasteiger partial charge on any atom is -0.347 e. The fourth-order valence-electron chi connectivity index (χ4n) is 3.02. The summed E-state index contributed by atoms with van der Waals surface area (Å²) in [7, 11) is 0. The lowest BCUT2D eigenvalue weighted by Crippen LogP contribution is -2.44. The number of carbonyl (C=O) groups excluding carboxylic acids is 1. The molecule has 0 bridgehead atoms. The molecule has 1 aromatic rings. The quantitative estimate of drug-likeness (QED) is 0.896. The first-order valence-electron chi connectivity index (χ1n) is 7.94. The highest BCUT2D eigenvalue weighted by Crippen LogP contribution is 2.24. The van der Waals surface area contributed by atoms with Crippen molar-refractivity contribution in [3.05, 3.63) is 29.6 Å². The van der Waals surface area contributed by atoms with E-state index in [9.17, 15) is 4.79 Å². The summed E-state index contributed by atoms with van der Waals surface area (Å²) in [6.45, 7) is 9.38. The second kappa shape index (κ2) is 7.03. The van der Waals surface area contributed by atoms with Crippen molar-refractivity contribution in [3.8, 4) is 0 Å². The molecule has 0 aromatic carbocycles. The van der Waals surface area contributed by atoms with Crippen molar-refractivity contribution in [3.63, 3.8) is 0 Å². The Kier molecular flexibility index (Phi) is 5.34. The van der Waals surface area contributed by atoms with Crippen LogP contribution in [0.4, 0.5) is 0 Å². The molecular weight excluding hydrogens is 262 g/mol. The molecule has 1 aliphatic rings. The summed E-state index contributed by atoms with van der Waals surface area (Å²) in [5.41, 5.74) is 2.12. The zero-order valence-electron chi connectivity index (χ0n) is 13.5. The molecule has 4 nitrogen and oxygen atoms in total. The van der Waals surface area contributed by atoms with Gasteiger partial charge in [0.1, 0.15) is 0 Å². The Balaban J connectivity index is 2.10. The van der Waals surface area contributed by atoms with Gasteiger partial charge in [0.15, 0.2) is 0 Å². The molecular formula is C17H27N3O. The number of carbonyl (C=O) groups is 1. The average Bonchev–Trinajstić information content (AvgIpc) is 2.45. The second-order valence-corrected chi connectivity index (χ2v) is 6.51. The minimum atomic E-state index is -0.0103. The van der Waals surface area contributed by atoms with Gasteiger partial charge in [0.25, 0.3) is 0 Å². The molecule has 4 heteroatoms. The number of rotatable bonds is 4. The first-order chi connectivity index (χ1) is 9.99. The summed E-state index contributed by atoms with van der Waals surface area (Å²) in [6, 6.07) is 4.40. The van der Waals surface area contributed by atoms with Crippen LogP contribution in [0.15, 0.2) is 18.3 Å². The lowest BCUT2D eigenvalue weighted by molar-refractivity contribution is -0.127. The van der Waals surface area contributed by atoms with Gasteiger partial charge in [0.05, 0.1) is 11.7 Å². The van der Waals surface area contributed by atoms with Crippen LogP contribution in [0.5, 0.6) is 0 Å². The van der Waals surface area contributed by atoms with Gasteiger partial charge in [-0.2, -0.15) is 0 Å². The van der Waals surface area contributed by atoms with Crippen LogP contribution in [0.25, 0.3) is 0 Å². The lowest BCUT2D eigenvalue weighted by atomic mass is 9.90. The second-order valence-electron chi connectivity index (χ2n) is 6.51. The molecule has 2 rings (SSSR count). The van der Waals surface area contributed by atoms with E-state index in [1.165, 1.54) is 0 Å². The fourth-order valence-corrected chi connectivity index (χ4v) is 3.02.